The standard InChI is InChI=1S/C24H30F2N8O3/c1-13(33-12-24(25,26)11-27-22(33)36)15-7-18-29-17(10-34(18)28-9-15)16(8-23(2,3)4)30-21(35)20-19(14-5-6-14)31-37-32-20/h7,9-10,13-14,16H,5-6,8,11-12H2,1-4H3,(H,27,36)(H,30,35). The van der Waals surface area contributed by atoms with Gasteiger partial charge in [-0.05, 0) is 48.4 Å². The van der Waals surface area contributed by atoms with Gasteiger partial charge in [0.25, 0.3) is 11.8 Å². The predicted octanol–water partition coefficient (Wildman–Crippen LogP) is 3.62. The number of urea groups is 1. The monoisotopic (exact) mass is 516 g/mol. The molecule has 5 rings (SSSR count). The van der Waals surface area contributed by atoms with E-state index >= 15 is 0 Å². The van der Waals surface area contributed by atoms with E-state index in [1.54, 1.807) is 23.7 Å². The summed E-state index contributed by atoms with van der Waals surface area (Å²) in [6.07, 6.45) is 5.75. The lowest BCUT2D eigenvalue weighted by Gasteiger charge is -2.36. The van der Waals surface area contributed by atoms with Crippen molar-refractivity contribution in [2.24, 2.45) is 5.41 Å². The Morgan fingerprint density at radius 3 is 2.78 bits per heavy atom. The molecule has 3 aromatic rings. The number of halogens is 2. The summed E-state index contributed by atoms with van der Waals surface area (Å²) >= 11 is 0. The van der Waals surface area contributed by atoms with E-state index in [0.717, 1.165) is 17.7 Å². The highest BCUT2D eigenvalue weighted by Gasteiger charge is 2.41. The molecule has 2 atom stereocenters. The van der Waals surface area contributed by atoms with E-state index in [9.17, 15) is 18.4 Å². The molecule has 198 valence electrons. The van der Waals surface area contributed by atoms with E-state index in [2.05, 4.69) is 46.8 Å². The van der Waals surface area contributed by atoms with Gasteiger partial charge in [0.2, 0.25) is 0 Å². The molecular weight excluding hydrogens is 486 g/mol. The third kappa shape index (κ3) is 5.39. The largest absolute Gasteiger partial charge is 0.342 e. The van der Waals surface area contributed by atoms with Crippen LogP contribution in [0.4, 0.5) is 13.6 Å². The first kappa shape index (κ1) is 25.0. The van der Waals surface area contributed by atoms with Crippen LogP contribution >= 0.6 is 0 Å². The maximum Gasteiger partial charge on any atom is 0.318 e. The van der Waals surface area contributed by atoms with Crippen LogP contribution in [0, 0.1) is 5.41 Å². The molecule has 0 aromatic carbocycles. The Kier molecular flexibility index (Phi) is 6.11. The summed E-state index contributed by atoms with van der Waals surface area (Å²) < 4.78 is 34.3. The number of fused-ring (bicyclic) bond motifs is 1. The first-order valence-electron chi connectivity index (χ1n) is 12.3. The number of alkyl halides is 2. The van der Waals surface area contributed by atoms with Crippen molar-refractivity contribution in [2.75, 3.05) is 13.1 Å². The summed E-state index contributed by atoms with van der Waals surface area (Å²) in [6.45, 7) is 6.50. The van der Waals surface area contributed by atoms with E-state index in [0.29, 0.717) is 29.0 Å². The van der Waals surface area contributed by atoms with Crippen molar-refractivity contribution >= 4 is 17.6 Å². The lowest BCUT2D eigenvalue weighted by molar-refractivity contribution is -0.0428. The van der Waals surface area contributed by atoms with Gasteiger partial charge < -0.3 is 15.5 Å². The Bertz CT molecular complexity index is 1330. The smallest absolute Gasteiger partial charge is 0.318 e. The first-order valence-corrected chi connectivity index (χ1v) is 12.3. The van der Waals surface area contributed by atoms with Gasteiger partial charge in [0.05, 0.1) is 43.3 Å². The molecule has 37 heavy (non-hydrogen) atoms. The molecule has 2 aliphatic rings. The highest BCUT2D eigenvalue weighted by molar-refractivity contribution is 5.93. The molecule has 1 aliphatic heterocycles. The van der Waals surface area contributed by atoms with E-state index in [1.807, 2.05) is 0 Å². The second-order valence-electron chi connectivity index (χ2n) is 11.1. The maximum atomic E-state index is 13.9. The fraction of sp³-hybridized carbons (Fsp3) is 0.583. The molecule has 2 unspecified atom stereocenters. The minimum absolute atomic E-state index is 0.144. The van der Waals surface area contributed by atoms with Crippen molar-refractivity contribution in [3.63, 3.8) is 0 Å². The maximum absolute atomic E-state index is 13.9. The van der Waals surface area contributed by atoms with Crippen molar-refractivity contribution in [1.29, 1.82) is 0 Å². The number of rotatable bonds is 7. The number of carbonyl (C=O) groups excluding carboxylic acids is 2. The number of nitrogens with zero attached hydrogens (tertiary/aromatic N) is 6. The zero-order valence-electron chi connectivity index (χ0n) is 21.2. The molecule has 2 fully saturated rings. The second-order valence-corrected chi connectivity index (χ2v) is 11.1. The summed E-state index contributed by atoms with van der Waals surface area (Å²) in [4.78, 5) is 31.1. The summed E-state index contributed by atoms with van der Waals surface area (Å²) in [5.74, 6) is -3.19. The molecule has 0 bridgehead atoms. The van der Waals surface area contributed by atoms with Gasteiger partial charge in [0.15, 0.2) is 11.3 Å². The zero-order valence-corrected chi connectivity index (χ0v) is 21.2. The lowest BCUT2D eigenvalue weighted by Crippen LogP contribution is -2.57. The van der Waals surface area contributed by atoms with Crippen LogP contribution in [-0.4, -0.2) is 60.8 Å². The number of hydrogen-bond acceptors (Lipinski definition) is 7. The minimum atomic E-state index is -3.02. The van der Waals surface area contributed by atoms with E-state index < -0.39 is 37.1 Å². The Labute approximate surface area is 211 Å². The van der Waals surface area contributed by atoms with Gasteiger partial charge in [-0.2, -0.15) is 5.10 Å². The summed E-state index contributed by atoms with van der Waals surface area (Å²) in [7, 11) is 0. The number of carbonyl (C=O) groups is 2. The molecule has 4 heterocycles. The fourth-order valence-electron chi connectivity index (χ4n) is 4.53. The quantitative estimate of drug-likeness (QED) is 0.490. The normalized spacial score (nSPS) is 19.5. The number of aromatic nitrogens is 5. The van der Waals surface area contributed by atoms with Crippen LogP contribution in [-0.2, 0) is 0 Å². The van der Waals surface area contributed by atoms with Gasteiger partial charge in [-0.3, -0.25) is 4.79 Å². The van der Waals surface area contributed by atoms with Crippen LogP contribution in [0.3, 0.4) is 0 Å². The lowest BCUT2D eigenvalue weighted by atomic mass is 9.87. The molecule has 0 radical (unpaired) electrons. The van der Waals surface area contributed by atoms with Gasteiger partial charge in [-0.1, -0.05) is 25.9 Å². The SMILES string of the molecule is CC(c1cnn2cc(C(CC(C)(C)C)NC(=O)c3nonc3C3CC3)nc2c1)N1CC(F)(F)CNC1=O. The van der Waals surface area contributed by atoms with Crippen molar-refractivity contribution in [2.45, 2.75) is 70.9 Å². The highest BCUT2D eigenvalue weighted by Crippen LogP contribution is 2.40. The number of imidazole rings is 1. The van der Waals surface area contributed by atoms with Crippen molar-refractivity contribution in [1.82, 2.24) is 40.4 Å². The second kappa shape index (κ2) is 9.03. The molecule has 3 aromatic heterocycles. The summed E-state index contributed by atoms with van der Waals surface area (Å²) in [5.41, 5.74) is 2.25. The van der Waals surface area contributed by atoms with Crippen LogP contribution in [0.1, 0.15) is 92.4 Å². The summed E-state index contributed by atoms with van der Waals surface area (Å²) in [6, 6.07) is 0.0622. The highest BCUT2D eigenvalue weighted by atomic mass is 19.3. The molecular formula is C24H30F2N8O3. The Balaban J connectivity index is 1.41. The van der Waals surface area contributed by atoms with Gasteiger partial charge in [0.1, 0.15) is 5.69 Å². The molecule has 2 N–H and O–H groups in total. The molecule has 1 saturated carbocycles. The molecule has 0 spiro atoms. The van der Waals surface area contributed by atoms with Crippen molar-refractivity contribution < 1.29 is 23.0 Å². The molecule has 1 aliphatic carbocycles. The fourth-order valence-corrected chi connectivity index (χ4v) is 4.53. The number of hydrogen-bond donors (Lipinski definition) is 2. The van der Waals surface area contributed by atoms with Crippen LogP contribution in [0.2, 0.25) is 0 Å². The van der Waals surface area contributed by atoms with E-state index in [4.69, 9.17) is 9.61 Å². The van der Waals surface area contributed by atoms with Crippen molar-refractivity contribution in [3.8, 4) is 0 Å². The minimum Gasteiger partial charge on any atom is -0.342 e. The van der Waals surface area contributed by atoms with Gasteiger partial charge >= 0.3 is 6.03 Å². The Morgan fingerprint density at radius 1 is 1.32 bits per heavy atom. The van der Waals surface area contributed by atoms with E-state index in [-0.39, 0.29) is 22.9 Å². The third-order valence-electron chi connectivity index (χ3n) is 6.64. The molecule has 1 saturated heterocycles. The average molecular weight is 517 g/mol. The number of nitrogens with one attached hydrogen (secondary N) is 2. The Hall–Kier alpha value is -3.64. The first-order chi connectivity index (χ1) is 17.4. The molecule has 3 amide bonds. The molecule has 11 nitrogen and oxygen atoms in total. The zero-order chi connectivity index (χ0) is 26.5. The van der Waals surface area contributed by atoms with Crippen LogP contribution in [0.5, 0.6) is 0 Å². The van der Waals surface area contributed by atoms with Gasteiger partial charge in [-0.25, -0.2) is 27.7 Å². The van der Waals surface area contributed by atoms with Crippen LogP contribution < -0.4 is 10.6 Å². The topological polar surface area (TPSA) is 131 Å². The third-order valence-corrected chi connectivity index (χ3v) is 6.64. The van der Waals surface area contributed by atoms with Gasteiger partial charge in [-0.15, -0.1) is 0 Å². The average Bonchev–Trinajstić information content (AvgIpc) is 3.38. The van der Waals surface area contributed by atoms with Crippen LogP contribution in [0.15, 0.2) is 23.1 Å². The predicted molar refractivity (Wildman–Crippen MR) is 127 cm³/mol. The van der Waals surface area contributed by atoms with Crippen molar-refractivity contribution in [3.05, 3.63) is 41.1 Å². The number of amides is 3. The summed E-state index contributed by atoms with van der Waals surface area (Å²) in [5, 5.41) is 17.4. The molecule has 13 heteroatoms. The Morgan fingerprint density at radius 2 is 2.08 bits per heavy atom. The van der Waals surface area contributed by atoms with Gasteiger partial charge in [0, 0.05) is 5.92 Å². The van der Waals surface area contributed by atoms with E-state index in [1.165, 1.54) is 6.20 Å². The van der Waals surface area contributed by atoms with Crippen LogP contribution in [0.25, 0.3) is 5.65 Å².